The third kappa shape index (κ3) is 3.09. The molecule has 0 bridgehead atoms. The summed E-state index contributed by atoms with van der Waals surface area (Å²) in [6.45, 7) is 2.20. The Kier molecular flexibility index (Phi) is 4.18. The van der Waals surface area contributed by atoms with Gasteiger partial charge in [-0.2, -0.15) is 0 Å². The molecule has 1 fully saturated rings. The van der Waals surface area contributed by atoms with Crippen LogP contribution in [0.5, 0.6) is 0 Å². The van der Waals surface area contributed by atoms with Crippen molar-refractivity contribution in [2.45, 2.75) is 45.1 Å². The van der Waals surface area contributed by atoms with E-state index in [9.17, 15) is 4.79 Å². The highest BCUT2D eigenvalue weighted by Gasteiger charge is 2.31. The maximum Gasteiger partial charge on any atom is 0.223 e. The zero-order chi connectivity index (χ0) is 12.1. The van der Waals surface area contributed by atoms with Gasteiger partial charge in [-0.15, -0.1) is 0 Å². The quantitative estimate of drug-likeness (QED) is 0.773. The Morgan fingerprint density at radius 1 is 1.24 bits per heavy atom. The van der Waals surface area contributed by atoms with Gasteiger partial charge >= 0.3 is 0 Å². The smallest absolute Gasteiger partial charge is 0.223 e. The molecule has 0 spiro atoms. The molecule has 2 nitrogen and oxygen atoms in total. The van der Waals surface area contributed by atoms with Crippen molar-refractivity contribution in [3.63, 3.8) is 0 Å². The number of benzene rings is 1. The number of hydrogen-bond acceptors (Lipinski definition) is 1. The average Bonchev–Trinajstić information content (AvgIpc) is 2.73. The van der Waals surface area contributed by atoms with Gasteiger partial charge in [-0.25, -0.2) is 0 Å². The Morgan fingerprint density at radius 2 is 2.00 bits per heavy atom. The first-order valence-corrected chi connectivity index (χ1v) is 6.66. The molecule has 2 atom stereocenters. The van der Waals surface area contributed by atoms with Crippen LogP contribution in [0.25, 0.3) is 0 Å². The summed E-state index contributed by atoms with van der Waals surface area (Å²) in [4.78, 5) is 11.8. The Balaban J connectivity index is 1.91. The lowest BCUT2D eigenvalue weighted by atomic mass is 9.95. The van der Waals surface area contributed by atoms with Crippen molar-refractivity contribution in [3.05, 3.63) is 35.9 Å². The van der Waals surface area contributed by atoms with Crippen LogP contribution in [0.4, 0.5) is 0 Å². The standard InChI is InChI=1S/C15H21NO/c1-2-3-5-10-13-11-14(16-15(13)17)12-8-6-4-7-9-12/h4,6-9,13-14H,2-3,5,10-11H2,1H3,(H,16,17)/t13-,14-/m0/s1. The molecular formula is C15H21NO. The molecule has 2 heteroatoms. The van der Waals surface area contributed by atoms with Gasteiger partial charge in [0.05, 0.1) is 6.04 Å². The fraction of sp³-hybridized carbons (Fsp3) is 0.533. The largest absolute Gasteiger partial charge is 0.349 e. The SMILES string of the molecule is CCCCC[C@H]1C[C@@H](c2ccccc2)NC1=O. The average molecular weight is 231 g/mol. The molecule has 2 rings (SSSR count). The normalized spacial score (nSPS) is 23.7. The highest BCUT2D eigenvalue weighted by Crippen LogP contribution is 2.30. The molecular weight excluding hydrogens is 210 g/mol. The van der Waals surface area contributed by atoms with Gasteiger partial charge in [0.25, 0.3) is 0 Å². The minimum absolute atomic E-state index is 0.228. The van der Waals surface area contributed by atoms with Crippen molar-refractivity contribution in [3.8, 4) is 0 Å². The summed E-state index contributed by atoms with van der Waals surface area (Å²) in [7, 11) is 0. The van der Waals surface area contributed by atoms with Crippen LogP contribution in [0.3, 0.4) is 0 Å². The summed E-state index contributed by atoms with van der Waals surface area (Å²) in [6.07, 6.45) is 5.64. The van der Waals surface area contributed by atoms with Crippen molar-refractivity contribution in [2.24, 2.45) is 5.92 Å². The second-order valence-corrected chi connectivity index (χ2v) is 4.90. The monoisotopic (exact) mass is 231 g/mol. The van der Waals surface area contributed by atoms with E-state index in [4.69, 9.17) is 0 Å². The number of hydrogen-bond donors (Lipinski definition) is 1. The highest BCUT2D eigenvalue weighted by atomic mass is 16.2. The number of carbonyl (C=O) groups is 1. The summed E-state index contributed by atoms with van der Waals surface area (Å²) in [6, 6.07) is 10.5. The van der Waals surface area contributed by atoms with Crippen LogP contribution in [0.2, 0.25) is 0 Å². The molecule has 1 saturated heterocycles. The van der Waals surface area contributed by atoms with E-state index in [0.29, 0.717) is 0 Å². The van der Waals surface area contributed by atoms with Crippen molar-refractivity contribution in [1.29, 1.82) is 0 Å². The van der Waals surface area contributed by atoms with Crippen molar-refractivity contribution < 1.29 is 4.79 Å². The predicted molar refractivity (Wildman–Crippen MR) is 69.6 cm³/mol. The number of rotatable bonds is 5. The van der Waals surface area contributed by atoms with Gasteiger partial charge in [-0.1, -0.05) is 56.5 Å². The lowest BCUT2D eigenvalue weighted by Gasteiger charge is -2.09. The molecule has 0 saturated carbocycles. The van der Waals surface area contributed by atoms with Crippen LogP contribution < -0.4 is 5.32 Å². The number of carbonyl (C=O) groups excluding carboxylic acids is 1. The summed E-state index contributed by atoms with van der Waals surface area (Å²) >= 11 is 0. The third-order valence-corrected chi connectivity index (χ3v) is 3.57. The van der Waals surface area contributed by atoms with Crippen molar-refractivity contribution >= 4 is 5.91 Å². The fourth-order valence-corrected chi connectivity index (χ4v) is 2.53. The maximum absolute atomic E-state index is 11.8. The van der Waals surface area contributed by atoms with E-state index in [-0.39, 0.29) is 17.9 Å². The number of nitrogens with one attached hydrogen (secondary N) is 1. The number of amides is 1. The molecule has 1 heterocycles. The minimum Gasteiger partial charge on any atom is -0.349 e. The summed E-state index contributed by atoms with van der Waals surface area (Å²) in [5, 5.41) is 3.11. The molecule has 1 aromatic rings. The third-order valence-electron chi connectivity index (χ3n) is 3.57. The zero-order valence-electron chi connectivity index (χ0n) is 10.5. The summed E-state index contributed by atoms with van der Waals surface area (Å²) in [5.74, 6) is 0.474. The van der Waals surface area contributed by atoms with Gasteiger partial charge in [0.2, 0.25) is 5.91 Å². The summed E-state index contributed by atoms with van der Waals surface area (Å²) in [5.41, 5.74) is 1.24. The molecule has 0 aromatic heterocycles. The summed E-state index contributed by atoms with van der Waals surface area (Å²) < 4.78 is 0. The van der Waals surface area contributed by atoms with Crippen LogP contribution in [0.15, 0.2) is 30.3 Å². The van der Waals surface area contributed by atoms with E-state index in [2.05, 4.69) is 24.4 Å². The van der Waals surface area contributed by atoms with E-state index < -0.39 is 0 Å². The van der Waals surface area contributed by atoms with Gasteiger partial charge in [-0.3, -0.25) is 4.79 Å². The Bertz CT molecular complexity index is 360. The number of unbranched alkanes of at least 4 members (excludes halogenated alkanes) is 2. The van der Waals surface area contributed by atoms with Crippen LogP contribution in [0, 0.1) is 5.92 Å². The van der Waals surface area contributed by atoms with E-state index in [1.807, 2.05) is 18.2 Å². The molecule has 92 valence electrons. The zero-order valence-corrected chi connectivity index (χ0v) is 10.5. The Labute approximate surface area is 103 Å². The van der Waals surface area contributed by atoms with E-state index in [0.717, 1.165) is 12.8 Å². The van der Waals surface area contributed by atoms with E-state index in [1.54, 1.807) is 0 Å². The first kappa shape index (κ1) is 12.2. The van der Waals surface area contributed by atoms with Crippen LogP contribution in [-0.2, 0) is 4.79 Å². The molecule has 1 N–H and O–H groups in total. The molecule has 1 aliphatic rings. The highest BCUT2D eigenvalue weighted by molar-refractivity contribution is 5.81. The van der Waals surface area contributed by atoms with Gasteiger partial charge in [0, 0.05) is 5.92 Å². The molecule has 1 aliphatic heterocycles. The fourth-order valence-electron chi connectivity index (χ4n) is 2.53. The second-order valence-electron chi connectivity index (χ2n) is 4.90. The second kappa shape index (κ2) is 5.85. The minimum atomic E-state index is 0.228. The molecule has 1 aromatic carbocycles. The Morgan fingerprint density at radius 3 is 2.71 bits per heavy atom. The van der Waals surface area contributed by atoms with Crippen molar-refractivity contribution in [1.82, 2.24) is 5.32 Å². The molecule has 0 unspecified atom stereocenters. The lowest BCUT2D eigenvalue weighted by Crippen LogP contribution is -2.21. The van der Waals surface area contributed by atoms with Gasteiger partial charge < -0.3 is 5.32 Å². The maximum atomic E-state index is 11.8. The van der Waals surface area contributed by atoms with Crippen molar-refractivity contribution in [2.75, 3.05) is 0 Å². The first-order chi connectivity index (χ1) is 8.31. The molecule has 1 amide bonds. The van der Waals surface area contributed by atoms with Crippen LogP contribution in [-0.4, -0.2) is 5.91 Å². The predicted octanol–water partition coefficient (Wildman–Crippen LogP) is 3.44. The molecule has 17 heavy (non-hydrogen) atoms. The van der Waals surface area contributed by atoms with Gasteiger partial charge in [0.1, 0.15) is 0 Å². The van der Waals surface area contributed by atoms with Gasteiger partial charge in [-0.05, 0) is 18.4 Å². The van der Waals surface area contributed by atoms with E-state index in [1.165, 1.54) is 24.8 Å². The topological polar surface area (TPSA) is 29.1 Å². The van der Waals surface area contributed by atoms with Crippen LogP contribution >= 0.6 is 0 Å². The van der Waals surface area contributed by atoms with Crippen LogP contribution in [0.1, 0.15) is 50.6 Å². The van der Waals surface area contributed by atoms with Gasteiger partial charge in [0.15, 0.2) is 0 Å². The van der Waals surface area contributed by atoms with E-state index >= 15 is 0 Å². The Hall–Kier alpha value is -1.31. The lowest BCUT2D eigenvalue weighted by molar-refractivity contribution is -0.122. The molecule has 0 radical (unpaired) electrons. The molecule has 0 aliphatic carbocycles. The first-order valence-electron chi connectivity index (χ1n) is 6.66.